The van der Waals surface area contributed by atoms with Crippen LogP contribution in [0.25, 0.3) is 0 Å². The van der Waals surface area contributed by atoms with E-state index in [0.717, 1.165) is 0 Å². The number of rotatable bonds is 6. The van der Waals surface area contributed by atoms with Gasteiger partial charge in [0.15, 0.2) is 4.90 Å². The van der Waals surface area contributed by atoms with Gasteiger partial charge < -0.3 is 0 Å². The van der Waals surface area contributed by atoms with Crippen LogP contribution < -0.4 is 4.72 Å². The first-order chi connectivity index (χ1) is 8.90. The van der Waals surface area contributed by atoms with E-state index in [1.807, 2.05) is 19.1 Å². The van der Waals surface area contributed by atoms with Gasteiger partial charge in [-0.3, -0.25) is 10.1 Å². The lowest BCUT2D eigenvalue weighted by Crippen LogP contribution is -2.26. The van der Waals surface area contributed by atoms with E-state index in [-0.39, 0.29) is 11.4 Å². The number of nitro benzene ring substituents is 1. The summed E-state index contributed by atoms with van der Waals surface area (Å²) in [5.74, 6) is 0. The molecule has 1 aromatic rings. The summed E-state index contributed by atoms with van der Waals surface area (Å²) in [5.41, 5.74) is -0.0498. The van der Waals surface area contributed by atoms with Crippen molar-refractivity contribution in [2.24, 2.45) is 0 Å². The third-order valence-electron chi connectivity index (χ3n) is 2.50. The van der Waals surface area contributed by atoms with Crippen LogP contribution in [0.2, 0.25) is 0 Å². The van der Waals surface area contributed by atoms with Gasteiger partial charge in [-0.05, 0) is 25.8 Å². The molecular weight excluding hydrogens is 268 g/mol. The third kappa shape index (κ3) is 3.87. The van der Waals surface area contributed by atoms with Gasteiger partial charge in [0.05, 0.1) is 4.92 Å². The second-order valence-electron chi connectivity index (χ2n) is 3.94. The van der Waals surface area contributed by atoms with Gasteiger partial charge in [-0.25, -0.2) is 13.1 Å². The Balaban J connectivity index is 3.10. The lowest BCUT2D eigenvalue weighted by atomic mass is 10.2. The smallest absolute Gasteiger partial charge is 0.258 e. The van der Waals surface area contributed by atoms with Crippen molar-refractivity contribution in [2.75, 3.05) is 6.54 Å². The zero-order valence-electron chi connectivity index (χ0n) is 10.8. The molecule has 0 radical (unpaired) electrons. The lowest BCUT2D eigenvalue weighted by molar-refractivity contribution is -0.387. The summed E-state index contributed by atoms with van der Waals surface area (Å²) in [7, 11) is -3.87. The molecule has 0 bridgehead atoms. The van der Waals surface area contributed by atoms with Crippen molar-refractivity contribution >= 4 is 15.7 Å². The van der Waals surface area contributed by atoms with E-state index in [1.165, 1.54) is 25.1 Å². The Kier molecular flexibility index (Phi) is 5.20. The Bertz CT molecular complexity index is 594. The number of nitrogens with one attached hydrogen (secondary N) is 1. The summed E-state index contributed by atoms with van der Waals surface area (Å²) in [6.45, 7) is 3.58. The molecule has 19 heavy (non-hydrogen) atoms. The Hall–Kier alpha value is -1.73. The molecule has 0 atom stereocenters. The molecule has 1 rings (SSSR count). The number of benzene rings is 1. The molecule has 1 aromatic carbocycles. The minimum absolute atomic E-state index is 0.207. The Morgan fingerprint density at radius 1 is 1.42 bits per heavy atom. The molecular formula is C12H16N2O4S. The van der Waals surface area contributed by atoms with Crippen LogP contribution in [-0.2, 0) is 10.0 Å². The summed E-state index contributed by atoms with van der Waals surface area (Å²) in [5, 5.41) is 10.9. The number of hydrogen-bond donors (Lipinski definition) is 1. The standard InChI is InChI=1S/C12H16N2O4S/c1-3-4-5-9-13-19(17,18)12-10(2)7-6-8-11(12)14(15)16/h3-4,6-8,13H,5,9H2,1-2H3/b4-3+. The zero-order chi connectivity index (χ0) is 14.5. The predicted molar refractivity (Wildman–Crippen MR) is 72.5 cm³/mol. The lowest BCUT2D eigenvalue weighted by Gasteiger charge is -2.08. The van der Waals surface area contributed by atoms with Crippen LogP contribution in [-0.4, -0.2) is 19.9 Å². The molecule has 7 heteroatoms. The molecule has 0 fully saturated rings. The monoisotopic (exact) mass is 284 g/mol. The third-order valence-corrected chi connectivity index (χ3v) is 4.15. The van der Waals surface area contributed by atoms with Crippen molar-refractivity contribution in [1.82, 2.24) is 4.72 Å². The van der Waals surface area contributed by atoms with E-state index < -0.39 is 20.6 Å². The molecule has 6 nitrogen and oxygen atoms in total. The van der Waals surface area contributed by atoms with E-state index in [1.54, 1.807) is 0 Å². The second kappa shape index (κ2) is 6.44. The van der Waals surface area contributed by atoms with Crippen molar-refractivity contribution in [3.05, 3.63) is 46.0 Å². The average Bonchev–Trinajstić information content (AvgIpc) is 2.34. The fourth-order valence-corrected chi connectivity index (χ4v) is 3.09. The largest absolute Gasteiger partial charge is 0.289 e. The fraction of sp³-hybridized carbons (Fsp3) is 0.333. The van der Waals surface area contributed by atoms with Gasteiger partial charge in [0, 0.05) is 12.6 Å². The number of sulfonamides is 1. The molecule has 0 aliphatic carbocycles. The molecule has 1 N–H and O–H groups in total. The summed E-state index contributed by atoms with van der Waals surface area (Å²) >= 11 is 0. The van der Waals surface area contributed by atoms with Crippen LogP contribution in [0.1, 0.15) is 18.9 Å². The number of aryl methyl sites for hydroxylation is 1. The van der Waals surface area contributed by atoms with E-state index in [2.05, 4.69) is 4.72 Å². The van der Waals surface area contributed by atoms with Crippen LogP contribution in [0.5, 0.6) is 0 Å². The van der Waals surface area contributed by atoms with Crippen LogP contribution in [0.3, 0.4) is 0 Å². The molecule has 0 heterocycles. The highest BCUT2D eigenvalue weighted by Gasteiger charge is 2.27. The van der Waals surface area contributed by atoms with Crippen molar-refractivity contribution in [1.29, 1.82) is 0 Å². The Morgan fingerprint density at radius 2 is 2.11 bits per heavy atom. The van der Waals surface area contributed by atoms with Gasteiger partial charge in [0.2, 0.25) is 10.0 Å². The minimum Gasteiger partial charge on any atom is -0.258 e. The van der Waals surface area contributed by atoms with Crippen LogP contribution in [0.15, 0.2) is 35.2 Å². The van der Waals surface area contributed by atoms with Gasteiger partial charge in [-0.2, -0.15) is 0 Å². The number of nitrogens with zero attached hydrogens (tertiary/aromatic N) is 1. The highest BCUT2D eigenvalue weighted by atomic mass is 32.2. The molecule has 0 aromatic heterocycles. The first kappa shape index (κ1) is 15.3. The van der Waals surface area contributed by atoms with Gasteiger partial charge >= 0.3 is 0 Å². The first-order valence-electron chi connectivity index (χ1n) is 5.75. The quantitative estimate of drug-likeness (QED) is 0.375. The molecule has 0 aliphatic heterocycles. The maximum atomic E-state index is 12.1. The van der Waals surface area contributed by atoms with Crippen LogP contribution in [0, 0.1) is 17.0 Å². The number of nitro groups is 1. The van der Waals surface area contributed by atoms with Crippen LogP contribution >= 0.6 is 0 Å². The van der Waals surface area contributed by atoms with E-state index >= 15 is 0 Å². The highest BCUT2D eigenvalue weighted by molar-refractivity contribution is 7.89. The maximum Gasteiger partial charge on any atom is 0.289 e. The number of hydrogen-bond acceptors (Lipinski definition) is 4. The minimum atomic E-state index is -3.87. The second-order valence-corrected chi connectivity index (χ2v) is 5.64. The molecule has 0 saturated carbocycles. The molecule has 0 saturated heterocycles. The molecule has 0 amide bonds. The topological polar surface area (TPSA) is 89.3 Å². The normalized spacial score (nSPS) is 11.9. The van der Waals surface area contributed by atoms with Gasteiger partial charge in [0.1, 0.15) is 0 Å². The van der Waals surface area contributed by atoms with E-state index in [0.29, 0.717) is 12.0 Å². The predicted octanol–water partition coefficient (Wildman–Crippen LogP) is 2.15. The SMILES string of the molecule is C/C=C/CCNS(=O)(=O)c1c(C)cccc1[N+](=O)[O-]. The summed E-state index contributed by atoms with van der Waals surface area (Å²) in [6.07, 6.45) is 4.16. The van der Waals surface area contributed by atoms with E-state index in [4.69, 9.17) is 0 Å². The van der Waals surface area contributed by atoms with Gasteiger partial charge in [-0.15, -0.1) is 0 Å². The van der Waals surface area contributed by atoms with Gasteiger partial charge in [-0.1, -0.05) is 24.3 Å². The van der Waals surface area contributed by atoms with Crippen LogP contribution in [0.4, 0.5) is 5.69 Å². The van der Waals surface area contributed by atoms with E-state index in [9.17, 15) is 18.5 Å². The van der Waals surface area contributed by atoms with Crippen molar-refractivity contribution in [3.8, 4) is 0 Å². The first-order valence-corrected chi connectivity index (χ1v) is 7.23. The van der Waals surface area contributed by atoms with Crippen molar-refractivity contribution < 1.29 is 13.3 Å². The maximum absolute atomic E-state index is 12.1. The Morgan fingerprint density at radius 3 is 2.68 bits per heavy atom. The van der Waals surface area contributed by atoms with Crippen molar-refractivity contribution in [3.63, 3.8) is 0 Å². The molecule has 0 aliphatic rings. The molecule has 0 spiro atoms. The average molecular weight is 284 g/mol. The van der Waals surface area contributed by atoms with Gasteiger partial charge in [0.25, 0.3) is 5.69 Å². The fourth-order valence-electron chi connectivity index (χ4n) is 1.65. The number of allylic oxidation sites excluding steroid dienone is 1. The summed E-state index contributed by atoms with van der Waals surface area (Å²) < 4.78 is 26.6. The molecule has 0 unspecified atom stereocenters. The highest BCUT2D eigenvalue weighted by Crippen LogP contribution is 2.26. The summed E-state index contributed by atoms with van der Waals surface area (Å²) in [6, 6.07) is 4.19. The Labute approximate surface area is 112 Å². The molecule has 104 valence electrons. The zero-order valence-corrected chi connectivity index (χ0v) is 11.6. The van der Waals surface area contributed by atoms with Crippen molar-refractivity contribution in [2.45, 2.75) is 25.2 Å². The summed E-state index contributed by atoms with van der Waals surface area (Å²) in [4.78, 5) is 9.95.